The Kier molecular flexibility index (Phi) is 4.17. The van der Waals surface area contributed by atoms with Crippen LogP contribution in [0.1, 0.15) is 16.3 Å². The summed E-state index contributed by atoms with van der Waals surface area (Å²) < 4.78 is 5.13. The smallest absolute Gasteiger partial charge is 0.120 e. The Morgan fingerprint density at radius 1 is 1.39 bits per heavy atom. The van der Waals surface area contributed by atoms with Crippen molar-refractivity contribution in [3.05, 3.63) is 39.8 Å². The van der Waals surface area contributed by atoms with E-state index < -0.39 is 0 Å². The summed E-state index contributed by atoms with van der Waals surface area (Å²) >= 11 is 1.64. The molecule has 0 bridgehead atoms. The highest BCUT2D eigenvalue weighted by Crippen LogP contribution is 2.22. The van der Waals surface area contributed by atoms with Gasteiger partial charge in [-0.05, 0) is 25.1 Å². The highest BCUT2D eigenvalue weighted by Gasteiger charge is 2.04. The number of aromatic nitrogens is 1. The van der Waals surface area contributed by atoms with Crippen LogP contribution in [0, 0.1) is 6.92 Å². The largest absolute Gasteiger partial charge is 0.508 e. The van der Waals surface area contributed by atoms with Crippen LogP contribution in [0.15, 0.2) is 23.6 Å². The molecule has 0 radical (unpaired) electrons. The lowest BCUT2D eigenvalue weighted by atomic mass is 10.2. The van der Waals surface area contributed by atoms with Gasteiger partial charge in [0.1, 0.15) is 16.5 Å². The summed E-state index contributed by atoms with van der Waals surface area (Å²) in [6, 6.07) is 5.21. The number of nitrogens with one attached hydrogen (secondary N) is 1. The van der Waals surface area contributed by atoms with Crippen molar-refractivity contribution in [1.29, 1.82) is 0 Å². The van der Waals surface area contributed by atoms with Gasteiger partial charge in [0.25, 0.3) is 0 Å². The van der Waals surface area contributed by atoms with Gasteiger partial charge in [-0.25, -0.2) is 4.98 Å². The Morgan fingerprint density at radius 2 is 2.22 bits per heavy atom. The number of thiazole rings is 1. The van der Waals surface area contributed by atoms with Crippen molar-refractivity contribution >= 4 is 11.3 Å². The summed E-state index contributed by atoms with van der Waals surface area (Å²) in [7, 11) is 1.61. The highest BCUT2D eigenvalue weighted by atomic mass is 32.1. The Hall–Kier alpha value is -1.59. The van der Waals surface area contributed by atoms with E-state index in [2.05, 4.69) is 10.3 Å². The van der Waals surface area contributed by atoms with Crippen LogP contribution in [0.3, 0.4) is 0 Å². The third-order valence-corrected chi connectivity index (χ3v) is 3.51. The number of methoxy groups -OCH3 is 1. The minimum Gasteiger partial charge on any atom is -0.508 e. The fraction of sp³-hybridized carbons (Fsp3) is 0.308. The third kappa shape index (κ3) is 3.21. The molecule has 1 aromatic carbocycles. The van der Waals surface area contributed by atoms with Gasteiger partial charge in [-0.3, -0.25) is 0 Å². The van der Waals surface area contributed by atoms with Gasteiger partial charge in [-0.2, -0.15) is 0 Å². The molecule has 0 unspecified atom stereocenters. The first-order valence-electron chi connectivity index (χ1n) is 5.66. The number of hydrogen-bond donors (Lipinski definition) is 2. The van der Waals surface area contributed by atoms with E-state index in [1.165, 1.54) is 0 Å². The zero-order valence-corrected chi connectivity index (χ0v) is 11.3. The molecule has 5 heteroatoms. The molecule has 0 saturated carbocycles. The van der Waals surface area contributed by atoms with Crippen molar-refractivity contribution in [2.45, 2.75) is 20.0 Å². The molecule has 1 aromatic heterocycles. The molecule has 0 aliphatic heterocycles. The van der Waals surface area contributed by atoms with Crippen molar-refractivity contribution < 1.29 is 9.84 Å². The summed E-state index contributed by atoms with van der Waals surface area (Å²) in [4.78, 5) is 4.37. The SMILES string of the molecule is COc1ccc(O)c(CNCc2nc(C)cs2)c1. The zero-order chi connectivity index (χ0) is 13.0. The number of hydrogen-bond acceptors (Lipinski definition) is 5. The van der Waals surface area contributed by atoms with Crippen LogP contribution < -0.4 is 10.1 Å². The van der Waals surface area contributed by atoms with Gasteiger partial charge in [0.15, 0.2) is 0 Å². The van der Waals surface area contributed by atoms with Crippen LogP contribution in [-0.4, -0.2) is 17.2 Å². The van der Waals surface area contributed by atoms with Crippen LogP contribution in [0.4, 0.5) is 0 Å². The van der Waals surface area contributed by atoms with Crippen LogP contribution in [0.2, 0.25) is 0 Å². The molecule has 0 saturated heterocycles. The first-order chi connectivity index (χ1) is 8.69. The quantitative estimate of drug-likeness (QED) is 0.871. The number of nitrogens with zero attached hydrogens (tertiary/aromatic N) is 1. The first-order valence-corrected chi connectivity index (χ1v) is 6.54. The molecule has 0 fully saturated rings. The summed E-state index contributed by atoms with van der Waals surface area (Å²) in [5.41, 5.74) is 1.86. The maximum absolute atomic E-state index is 9.72. The van der Waals surface area contributed by atoms with Crippen LogP contribution in [0.5, 0.6) is 11.5 Å². The van der Waals surface area contributed by atoms with Gasteiger partial charge in [0.2, 0.25) is 0 Å². The van der Waals surface area contributed by atoms with Gasteiger partial charge in [0.05, 0.1) is 7.11 Å². The zero-order valence-electron chi connectivity index (χ0n) is 10.4. The lowest BCUT2D eigenvalue weighted by Crippen LogP contribution is -2.12. The lowest BCUT2D eigenvalue weighted by molar-refractivity contribution is 0.410. The molecule has 96 valence electrons. The average molecular weight is 264 g/mol. The normalized spacial score (nSPS) is 10.6. The lowest BCUT2D eigenvalue weighted by Gasteiger charge is -2.07. The molecule has 18 heavy (non-hydrogen) atoms. The van der Waals surface area contributed by atoms with Crippen molar-refractivity contribution in [3.63, 3.8) is 0 Å². The van der Waals surface area contributed by atoms with Gasteiger partial charge in [0, 0.05) is 29.7 Å². The molecule has 0 aliphatic carbocycles. The number of benzene rings is 1. The van der Waals surface area contributed by atoms with E-state index >= 15 is 0 Å². The Balaban J connectivity index is 1.93. The summed E-state index contributed by atoms with van der Waals surface area (Å²) in [6.45, 7) is 3.27. The molecule has 2 rings (SSSR count). The van der Waals surface area contributed by atoms with E-state index in [-0.39, 0.29) is 5.75 Å². The molecule has 4 nitrogen and oxygen atoms in total. The monoisotopic (exact) mass is 264 g/mol. The van der Waals surface area contributed by atoms with Crippen molar-refractivity contribution in [3.8, 4) is 11.5 Å². The van der Waals surface area contributed by atoms with E-state index in [1.807, 2.05) is 18.4 Å². The molecule has 1 heterocycles. The van der Waals surface area contributed by atoms with Crippen LogP contribution >= 0.6 is 11.3 Å². The van der Waals surface area contributed by atoms with Crippen LogP contribution in [-0.2, 0) is 13.1 Å². The maximum Gasteiger partial charge on any atom is 0.120 e. The average Bonchev–Trinajstić information content (AvgIpc) is 2.77. The van der Waals surface area contributed by atoms with E-state index in [1.54, 1.807) is 30.6 Å². The Morgan fingerprint density at radius 3 is 2.89 bits per heavy atom. The number of phenols is 1. The predicted octanol–water partition coefficient (Wildman–Crippen LogP) is 2.46. The molecule has 0 amide bonds. The third-order valence-electron chi connectivity index (χ3n) is 2.54. The number of phenolic OH excluding ortho intramolecular Hbond substituents is 1. The number of rotatable bonds is 5. The highest BCUT2D eigenvalue weighted by molar-refractivity contribution is 7.09. The standard InChI is InChI=1S/C13H16N2O2S/c1-9-8-18-13(15-9)7-14-6-10-5-11(17-2)3-4-12(10)16/h3-5,8,14,16H,6-7H2,1-2H3. The number of aryl methyl sites for hydroxylation is 1. The van der Waals surface area contributed by atoms with Crippen molar-refractivity contribution in [2.24, 2.45) is 0 Å². The van der Waals surface area contributed by atoms with E-state index in [4.69, 9.17) is 4.74 Å². The second-order valence-corrected chi connectivity index (χ2v) is 4.92. The second kappa shape index (κ2) is 5.84. The minimum atomic E-state index is 0.276. The topological polar surface area (TPSA) is 54.4 Å². The molecule has 0 aliphatic rings. The number of ether oxygens (including phenoxy) is 1. The Labute approximate surface area is 110 Å². The summed E-state index contributed by atoms with van der Waals surface area (Å²) in [6.07, 6.45) is 0. The molecule has 0 spiro atoms. The minimum absolute atomic E-state index is 0.276. The van der Waals surface area contributed by atoms with Gasteiger partial charge in [-0.1, -0.05) is 0 Å². The van der Waals surface area contributed by atoms with Crippen LogP contribution in [0.25, 0.3) is 0 Å². The Bertz CT molecular complexity index is 525. The molecular formula is C13H16N2O2S. The van der Waals surface area contributed by atoms with Crippen molar-refractivity contribution in [1.82, 2.24) is 10.3 Å². The fourth-order valence-corrected chi connectivity index (χ4v) is 2.36. The van der Waals surface area contributed by atoms with E-state index in [0.717, 1.165) is 22.0 Å². The van der Waals surface area contributed by atoms with Gasteiger partial charge < -0.3 is 15.2 Å². The fourth-order valence-electron chi connectivity index (χ4n) is 1.62. The predicted molar refractivity (Wildman–Crippen MR) is 72.1 cm³/mol. The summed E-state index contributed by atoms with van der Waals surface area (Å²) in [5, 5.41) is 16.1. The summed E-state index contributed by atoms with van der Waals surface area (Å²) in [5.74, 6) is 1.02. The molecule has 0 atom stereocenters. The van der Waals surface area contributed by atoms with Crippen molar-refractivity contribution in [2.75, 3.05) is 7.11 Å². The maximum atomic E-state index is 9.72. The van der Waals surface area contributed by atoms with Gasteiger partial charge in [-0.15, -0.1) is 11.3 Å². The van der Waals surface area contributed by atoms with E-state index in [9.17, 15) is 5.11 Å². The van der Waals surface area contributed by atoms with Gasteiger partial charge >= 0.3 is 0 Å². The molecular weight excluding hydrogens is 248 g/mol. The first kappa shape index (κ1) is 12.9. The number of aromatic hydroxyl groups is 1. The second-order valence-electron chi connectivity index (χ2n) is 3.98. The molecule has 2 N–H and O–H groups in total. The van der Waals surface area contributed by atoms with E-state index in [0.29, 0.717) is 13.1 Å². The molecule has 2 aromatic rings.